The summed E-state index contributed by atoms with van der Waals surface area (Å²) in [6, 6.07) is 18.5. The molecular formula is C23H25NO3. The monoisotopic (exact) mass is 363 g/mol. The summed E-state index contributed by atoms with van der Waals surface area (Å²) >= 11 is 0. The number of para-hydroxylation sites is 1. The first-order valence-electron chi connectivity index (χ1n) is 8.98. The number of benzene rings is 2. The lowest BCUT2D eigenvalue weighted by molar-refractivity contribution is -0.153. The van der Waals surface area contributed by atoms with Crippen molar-refractivity contribution in [3.8, 4) is 17.6 Å². The second-order valence-corrected chi connectivity index (χ2v) is 6.95. The number of allylic oxidation sites excluding steroid dienone is 1. The maximum absolute atomic E-state index is 12.6. The summed E-state index contributed by atoms with van der Waals surface area (Å²) in [5.74, 6) is 0.677. The molecule has 4 nitrogen and oxygen atoms in total. The second-order valence-electron chi connectivity index (χ2n) is 6.95. The third-order valence-corrected chi connectivity index (χ3v) is 4.17. The summed E-state index contributed by atoms with van der Waals surface area (Å²) < 4.78 is 11.3. The number of rotatable bonds is 8. The SMILES string of the molecule is C=C(C)CC(C(=O)OC(C#N)c1cccc(Oc2ccccc2)c1)C(C)C. The number of hydrogen-bond acceptors (Lipinski definition) is 4. The molecule has 0 heterocycles. The Labute approximate surface area is 161 Å². The van der Waals surface area contributed by atoms with Crippen LogP contribution in [0.4, 0.5) is 0 Å². The predicted molar refractivity (Wildman–Crippen MR) is 105 cm³/mol. The lowest BCUT2D eigenvalue weighted by Gasteiger charge is -2.21. The number of nitrogens with zero attached hydrogens (tertiary/aromatic N) is 1. The highest BCUT2D eigenvalue weighted by atomic mass is 16.5. The first-order chi connectivity index (χ1) is 12.9. The highest BCUT2D eigenvalue weighted by Gasteiger charge is 2.27. The minimum Gasteiger partial charge on any atom is -0.457 e. The van der Waals surface area contributed by atoms with Crippen LogP contribution < -0.4 is 4.74 Å². The van der Waals surface area contributed by atoms with E-state index in [4.69, 9.17) is 9.47 Å². The molecule has 0 aliphatic heterocycles. The fourth-order valence-corrected chi connectivity index (χ4v) is 2.70. The molecule has 0 amide bonds. The normalized spacial score (nSPS) is 12.7. The molecule has 0 aromatic heterocycles. The topological polar surface area (TPSA) is 59.3 Å². The molecule has 0 aliphatic rings. The summed E-state index contributed by atoms with van der Waals surface area (Å²) in [4.78, 5) is 12.6. The zero-order valence-electron chi connectivity index (χ0n) is 16.0. The van der Waals surface area contributed by atoms with Crippen LogP contribution in [0.15, 0.2) is 66.7 Å². The number of carbonyl (C=O) groups is 1. The van der Waals surface area contributed by atoms with Crippen molar-refractivity contribution in [2.45, 2.75) is 33.3 Å². The van der Waals surface area contributed by atoms with Gasteiger partial charge < -0.3 is 9.47 Å². The Morgan fingerprint density at radius 3 is 2.37 bits per heavy atom. The van der Waals surface area contributed by atoms with Gasteiger partial charge >= 0.3 is 5.97 Å². The Balaban J connectivity index is 2.15. The first-order valence-corrected chi connectivity index (χ1v) is 8.98. The quantitative estimate of drug-likeness (QED) is 0.437. The molecule has 2 aromatic rings. The molecule has 2 aromatic carbocycles. The van der Waals surface area contributed by atoms with Gasteiger partial charge in [-0.2, -0.15) is 5.26 Å². The van der Waals surface area contributed by atoms with Crippen molar-refractivity contribution in [1.29, 1.82) is 5.26 Å². The van der Waals surface area contributed by atoms with Crippen LogP contribution in [0.25, 0.3) is 0 Å². The molecule has 2 rings (SSSR count). The molecule has 0 saturated heterocycles. The minimum atomic E-state index is -0.983. The molecule has 0 fully saturated rings. The highest BCUT2D eigenvalue weighted by Crippen LogP contribution is 2.28. The summed E-state index contributed by atoms with van der Waals surface area (Å²) in [6.45, 7) is 9.69. The third-order valence-electron chi connectivity index (χ3n) is 4.17. The predicted octanol–water partition coefficient (Wildman–Crippen LogP) is 5.83. The lowest BCUT2D eigenvalue weighted by atomic mass is 9.90. The Kier molecular flexibility index (Phi) is 7.19. The molecule has 0 aliphatic carbocycles. The molecule has 140 valence electrons. The molecular weight excluding hydrogens is 338 g/mol. The van der Waals surface area contributed by atoms with E-state index in [9.17, 15) is 10.1 Å². The molecule has 0 N–H and O–H groups in total. The lowest BCUT2D eigenvalue weighted by Crippen LogP contribution is -2.24. The maximum atomic E-state index is 12.6. The number of hydrogen-bond donors (Lipinski definition) is 0. The fourth-order valence-electron chi connectivity index (χ4n) is 2.70. The summed E-state index contributed by atoms with van der Waals surface area (Å²) in [5, 5.41) is 9.53. The van der Waals surface area contributed by atoms with Gasteiger partial charge in [0.1, 0.15) is 17.6 Å². The Bertz CT molecular complexity index is 821. The molecule has 0 radical (unpaired) electrons. The van der Waals surface area contributed by atoms with Crippen LogP contribution in [-0.4, -0.2) is 5.97 Å². The molecule has 4 heteroatoms. The van der Waals surface area contributed by atoms with Crippen LogP contribution in [0.3, 0.4) is 0 Å². The van der Waals surface area contributed by atoms with Gasteiger partial charge in [0.15, 0.2) is 0 Å². The van der Waals surface area contributed by atoms with Gasteiger partial charge in [-0.1, -0.05) is 49.8 Å². The van der Waals surface area contributed by atoms with E-state index < -0.39 is 6.10 Å². The van der Waals surface area contributed by atoms with Gasteiger partial charge in [0.2, 0.25) is 6.10 Å². The van der Waals surface area contributed by atoms with Crippen molar-refractivity contribution in [2.24, 2.45) is 11.8 Å². The van der Waals surface area contributed by atoms with E-state index >= 15 is 0 Å². The summed E-state index contributed by atoms with van der Waals surface area (Å²) in [7, 11) is 0. The molecule has 27 heavy (non-hydrogen) atoms. The van der Waals surface area contributed by atoms with Crippen LogP contribution in [-0.2, 0) is 9.53 Å². The van der Waals surface area contributed by atoms with Crippen LogP contribution in [0.5, 0.6) is 11.5 Å². The van der Waals surface area contributed by atoms with Crippen molar-refractivity contribution in [1.82, 2.24) is 0 Å². The van der Waals surface area contributed by atoms with E-state index in [0.717, 1.165) is 5.57 Å². The Morgan fingerprint density at radius 2 is 1.78 bits per heavy atom. The standard InChI is InChI=1S/C23H25NO3/c1-16(2)13-21(17(3)4)23(25)27-22(15-24)18-9-8-12-20(14-18)26-19-10-6-5-7-11-19/h5-12,14,17,21-22H,1,13H2,2-4H3. The average molecular weight is 363 g/mol. The van der Waals surface area contributed by atoms with E-state index in [1.165, 1.54) is 0 Å². The van der Waals surface area contributed by atoms with Gasteiger partial charge in [-0.25, -0.2) is 0 Å². The van der Waals surface area contributed by atoms with Crippen LogP contribution in [0.1, 0.15) is 38.9 Å². The van der Waals surface area contributed by atoms with Crippen molar-refractivity contribution in [3.05, 3.63) is 72.3 Å². The second kappa shape index (κ2) is 9.59. The summed E-state index contributed by atoms with van der Waals surface area (Å²) in [6.07, 6.45) is -0.436. The maximum Gasteiger partial charge on any atom is 0.311 e. The zero-order valence-corrected chi connectivity index (χ0v) is 16.0. The van der Waals surface area contributed by atoms with E-state index in [-0.39, 0.29) is 17.8 Å². The van der Waals surface area contributed by atoms with Gasteiger partial charge in [0.05, 0.1) is 5.92 Å². The smallest absolute Gasteiger partial charge is 0.311 e. The first kappa shape index (κ1) is 20.3. The zero-order chi connectivity index (χ0) is 19.8. The van der Waals surface area contributed by atoms with Crippen LogP contribution in [0, 0.1) is 23.2 Å². The molecule has 0 spiro atoms. The van der Waals surface area contributed by atoms with E-state index in [1.807, 2.05) is 51.1 Å². The number of ether oxygens (including phenoxy) is 2. The van der Waals surface area contributed by atoms with Crippen molar-refractivity contribution >= 4 is 5.97 Å². The molecule has 2 atom stereocenters. The van der Waals surface area contributed by atoms with Crippen molar-refractivity contribution in [2.75, 3.05) is 0 Å². The van der Waals surface area contributed by atoms with E-state index in [2.05, 4.69) is 12.6 Å². The largest absolute Gasteiger partial charge is 0.457 e. The van der Waals surface area contributed by atoms with Crippen LogP contribution in [0.2, 0.25) is 0 Å². The highest BCUT2D eigenvalue weighted by molar-refractivity contribution is 5.73. The number of carbonyl (C=O) groups excluding carboxylic acids is 1. The van der Waals surface area contributed by atoms with Gasteiger partial charge in [-0.05, 0) is 43.5 Å². The summed E-state index contributed by atoms with van der Waals surface area (Å²) in [5.41, 5.74) is 1.49. The molecule has 0 bridgehead atoms. The van der Waals surface area contributed by atoms with E-state index in [1.54, 1.807) is 24.3 Å². The van der Waals surface area contributed by atoms with Crippen molar-refractivity contribution in [3.63, 3.8) is 0 Å². The number of esters is 1. The van der Waals surface area contributed by atoms with Gasteiger partial charge in [-0.15, -0.1) is 6.58 Å². The third kappa shape index (κ3) is 6.00. The Morgan fingerprint density at radius 1 is 1.11 bits per heavy atom. The minimum absolute atomic E-state index is 0.0984. The van der Waals surface area contributed by atoms with Crippen molar-refractivity contribution < 1.29 is 14.3 Å². The average Bonchev–Trinajstić information content (AvgIpc) is 2.64. The fraction of sp³-hybridized carbons (Fsp3) is 0.304. The molecule has 2 unspecified atom stereocenters. The number of nitriles is 1. The van der Waals surface area contributed by atoms with Gasteiger partial charge in [0.25, 0.3) is 0 Å². The van der Waals surface area contributed by atoms with Crippen LogP contribution >= 0.6 is 0 Å². The van der Waals surface area contributed by atoms with Gasteiger partial charge in [0, 0.05) is 5.56 Å². The van der Waals surface area contributed by atoms with E-state index in [0.29, 0.717) is 23.5 Å². The van der Waals surface area contributed by atoms with Gasteiger partial charge in [-0.3, -0.25) is 4.79 Å². The molecule has 0 saturated carbocycles. The Hall–Kier alpha value is -3.06.